The number of anilines is 2. The molecular weight excluding hydrogens is 447 g/mol. The summed E-state index contributed by atoms with van der Waals surface area (Å²) in [5.41, 5.74) is 0.227. The molecule has 0 radical (unpaired) electrons. The molecule has 3 aromatic heterocycles. The number of nitrogens with zero attached hydrogens (tertiary/aromatic N) is 6. The molecule has 0 spiro atoms. The fourth-order valence-electron chi connectivity index (χ4n) is 5.53. The zero-order valence-electron chi connectivity index (χ0n) is 20.0. The summed E-state index contributed by atoms with van der Waals surface area (Å²) >= 11 is 0. The number of ether oxygens (including phenoxy) is 1. The number of fused-ring (bicyclic) bond motifs is 1. The van der Waals surface area contributed by atoms with E-state index < -0.39 is 5.67 Å². The second-order valence-electron chi connectivity index (χ2n) is 9.99. The van der Waals surface area contributed by atoms with Crippen molar-refractivity contribution in [2.75, 3.05) is 43.1 Å². The molecule has 1 N–H and O–H groups in total. The molecule has 9 heteroatoms. The third-order valence-corrected chi connectivity index (χ3v) is 7.78. The number of rotatable bonds is 5. The van der Waals surface area contributed by atoms with E-state index >= 15 is 4.39 Å². The van der Waals surface area contributed by atoms with Gasteiger partial charge >= 0.3 is 0 Å². The molecule has 184 valence electrons. The van der Waals surface area contributed by atoms with E-state index in [2.05, 4.69) is 24.8 Å². The lowest BCUT2D eigenvalue weighted by Gasteiger charge is -2.36. The molecule has 0 aromatic carbocycles. The Bertz CT molecular complexity index is 1230. The molecule has 6 rings (SSSR count). The standard InChI is InChI=1S/C26H31FN6O2/c1-35-21-4-2-10-28-23(21)17-5-11-32(12-6-17)24-19-14-22(33-13-7-18(34)16-33)29-15-20(19)30-25(31-24)26(27)8-3-9-26/h2,4,10,14-15,17-18,34H,3,5-9,11-13,16H2,1H3/t18-/m1/s1. The first-order valence-corrected chi connectivity index (χ1v) is 12.6. The van der Waals surface area contributed by atoms with Gasteiger partial charge in [-0.1, -0.05) is 0 Å². The number of aliphatic hydroxyl groups excluding tert-OH is 1. The van der Waals surface area contributed by atoms with Gasteiger partial charge in [0.05, 0.1) is 30.6 Å². The fourth-order valence-corrected chi connectivity index (χ4v) is 5.53. The Kier molecular flexibility index (Phi) is 5.67. The smallest absolute Gasteiger partial charge is 0.170 e. The first-order valence-electron chi connectivity index (χ1n) is 12.6. The SMILES string of the molecule is COc1cccnc1C1CCN(c2nc(C3(F)CCC3)nc3cnc(N4CC[C@@H](O)C4)cc23)CC1. The number of hydrogen-bond donors (Lipinski definition) is 1. The molecule has 1 saturated carbocycles. The zero-order chi connectivity index (χ0) is 24.0. The van der Waals surface area contributed by atoms with Gasteiger partial charge in [0, 0.05) is 43.7 Å². The van der Waals surface area contributed by atoms with Crippen molar-refractivity contribution in [3.8, 4) is 5.75 Å². The van der Waals surface area contributed by atoms with E-state index in [1.165, 1.54) is 0 Å². The number of β-amino-alcohol motifs (C(OH)–C–C–N with tert-alkyl or cyclic N) is 1. The van der Waals surface area contributed by atoms with Crippen LogP contribution in [-0.4, -0.2) is 64.4 Å². The van der Waals surface area contributed by atoms with E-state index in [4.69, 9.17) is 9.72 Å². The number of halogens is 1. The number of aliphatic hydroxyl groups is 1. The highest BCUT2D eigenvalue weighted by molar-refractivity contribution is 5.91. The second kappa shape index (κ2) is 8.86. The van der Waals surface area contributed by atoms with Crippen LogP contribution in [-0.2, 0) is 5.67 Å². The van der Waals surface area contributed by atoms with Crippen LogP contribution in [0.4, 0.5) is 16.0 Å². The maximum absolute atomic E-state index is 15.4. The van der Waals surface area contributed by atoms with Crippen molar-refractivity contribution in [1.29, 1.82) is 0 Å². The summed E-state index contributed by atoms with van der Waals surface area (Å²) in [6.07, 6.45) is 7.56. The monoisotopic (exact) mass is 478 g/mol. The van der Waals surface area contributed by atoms with Crippen LogP contribution in [0.15, 0.2) is 30.6 Å². The van der Waals surface area contributed by atoms with Gasteiger partial charge in [-0.25, -0.2) is 19.3 Å². The van der Waals surface area contributed by atoms with Gasteiger partial charge in [-0.15, -0.1) is 0 Å². The number of methoxy groups -OCH3 is 1. The molecule has 2 saturated heterocycles. The fraction of sp³-hybridized carbons (Fsp3) is 0.538. The van der Waals surface area contributed by atoms with Crippen LogP contribution in [0, 0.1) is 0 Å². The molecule has 8 nitrogen and oxygen atoms in total. The van der Waals surface area contributed by atoms with Crippen LogP contribution < -0.4 is 14.5 Å². The minimum absolute atomic E-state index is 0.283. The second-order valence-corrected chi connectivity index (χ2v) is 9.99. The van der Waals surface area contributed by atoms with E-state index in [0.717, 1.165) is 73.8 Å². The van der Waals surface area contributed by atoms with Crippen molar-refractivity contribution in [2.45, 2.75) is 56.2 Å². The van der Waals surface area contributed by atoms with E-state index in [0.29, 0.717) is 30.8 Å². The van der Waals surface area contributed by atoms with E-state index in [9.17, 15) is 5.11 Å². The Hall–Kier alpha value is -3.07. The highest BCUT2D eigenvalue weighted by atomic mass is 19.1. The molecule has 0 amide bonds. The van der Waals surface area contributed by atoms with Crippen molar-refractivity contribution < 1.29 is 14.2 Å². The lowest BCUT2D eigenvalue weighted by molar-refractivity contribution is 0.0512. The first kappa shape index (κ1) is 22.4. The van der Waals surface area contributed by atoms with Crippen molar-refractivity contribution >= 4 is 22.5 Å². The van der Waals surface area contributed by atoms with E-state index in [1.807, 2.05) is 24.4 Å². The number of aromatic nitrogens is 4. The van der Waals surface area contributed by atoms with Crippen molar-refractivity contribution in [3.63, 3.8) is 0 Å². The summed E-state index contributed by atoms with van der Waals surface area (Å²) in [5, 5.41) is 10.9. The van der Waals surface area contributed by atoms with Gasteiger partial charge in [-0.3, -0.25) is 4.98 Å². The van der Waals surface area contributed by atoms with Crippen LogP contribution in [0.3, 0.4) is 0 Å². The molecule has 5 heterocycles. The molecule has 1 aliphatic carbocycles. The predicted molar refractivity (Wildman–Crippen MR) is 132 cm³/mol. The highest BCUT2D eigenvalue weighted by Crippen LogP contribution is 2.45. The molecule has 3 aromatic rings. The Balaban J connectivity index is 1.34. The molecule has 3 fully saturated rings. The lowest BCUT2D eigenvalue weighted by Crippen LogP contribution is -2.36. The van der Waals surface area contributed by atoms with Crippen molar-refractivity contribution in [2.24, 2.45) is 0 Å². The lowest BCUT2D eigenvalue weighted by atomic mass is 9.81. The van der Waals surface area contributed by atoms with Gasteiger partial charge in [-0.2, -0.15) is 0 Å². The Morgan fingerprint density at radius 1 is 1.09 bits per heavy atom. The van der Waals surface area contributed by atoms with E-state index in [1.54, 1.807) is 13.3 Å². The molecule has 0 bridgehead atoms. The average molecular weight is 479 g/mol. The van der Waals surface area contributed by atoms with Crippen LogP contribution >= 0.6 is 0 Å². The van der Waals surface area contributed by atoms with Crippen molar-refractivity contribution in [1.82, 2.24) is 19.9 Å². The third-order valence-electron chi connectivity index (χ3n) is 7.78. The summed E-state index contributed by atoms with van der Waals surface area (Å²) in [6, 6.07) is 5.86. The van der Waals surface area contributed by atoms with Crippen LogP contribution in [0.25, 0.3) is 10.9 Å². The van der Waals surface area contributed by atoms with Crippen LogP contribution in [0.2, 0.25) is 0 Å². The average Bonchev–Trinajstić information content (AvgIpc) is 3.32. The quantitative estimate of drug-likeness (QED) is 0.594. The predicted octanol–water partition coefficient (Wildman–Crippen LogP) is 3.73. The summed E-state index contributed by atoms with van der Waals surface area (Å²) < 4.78 is 21.0. The van der Waals surface area contributed by atoms with Gasteiger partial charge < -0.3 is 19.6 Å². The Morgan fingerprint density at radius 2 is 1.89 bits per heavy atom. The summed E-state index contributed by atoms with van der Waals surface area (Å²) in [5.74, 6) is 3.00. The third kappa shape index (κ3) is 4.05. The first-order chi connectivity index (χ1) is 17.0. The maximum atomic E-state index is 15.4. The van der Waals surface area contributed by atoms with Crippen LogP contribution in [0.5, 0.6) is 5.75 Å². The van der Waals surface area contributed by atoms with E-state index in [-0.39, 0.29) is 11.9 Å². The zero-order valence-corrected chi connectivity index (χ0v) is 20.0. The minimum Gasteiger partial charge on any atom is -0.495 e. The number of hydrogen-bond acceptors (Lipinski definition) is 8. The number of alkyl halides is 1. The number of pyridine rings is 2. The molecule has 2 aliphatic heterocycles. The summed E-state index contributed by atoms with van der Waals surface area (Å²) in [4.78, 5) is 23.0. The molecule has 0 unspecified atom stereocenters. The normalized spacial score (nSPS) is 22.4. The van der Waals surface area contributed by atoms with Gasteiger partial charge in [-0.05, 0) is 56.7 Å². The largest absolute Gasteiger partial charge is 0.495 e. The Labute approximate surface area is 204 Å². The summed E-state index contributed by atoms with van der Waals surface area (Å²) in [6.45, 7) is 2.90. The number of piperidine rings is 1. The maximum Gasteiger partial charge on any atom is 0.170 e. The van der Waals surface area contributed by atoms with Crippen molar-refractivity contribution in [3.05, 3.63) is 42.1 Å². The van der Waals surface area contributed by atoms with Gasteiger partial charge in [0.1, 0.15) is 17.4 Å². The van der Waals surface area contributed by atoms with Gasteiger partial charge in [0.2, 0.25) is 0 Å². The minimum atomic E-state index is -1.44. The molecular formula is C26H31FN6O2. The molecule has 35 heavy (non-hydrogen) atoms. The highest BCUT2D eigenvalue weighted by Gasteiger charge is 2.42. The van der Waals surface area contributed by atoms with Gasteiger partial charge in [0.15, 0.2) is 11.5 Å². The summed E-state index contributed by atoms with van der Waals surface area (Å²) in [7, 11) is 1.68. The Morgan fingerprint density at radius 3 is 2.57 bits per heavy atom. The van der Waals surface area contributed by atoms with Crippen LogP contribution in [0.1, 0.15) is 56.0 Å². The topological polar surface area (TPSA) is 87.5 Å². The van der Waals surface area contributed by atoms with Gasteiger partial charge in [0.25, 0.3) is 0 Å². The molecule has 1 atom stereocenters. The molecule has 3 aliphatic rings.